The number of nitrogens with zero attached hydrogens (tertiary/aromatic N) is 1. The summed E-state index contributed by atoms with van der Waals surface area (Å²) in [7, 11) is 0. The average molecular weight is 198 g/mol. The van der Waals surface area contributed by atoms with Gasteiger partial charge in [-0.1, -0.05) is 5.16 Å². The van der Waals surface area contributed by atoms with Gasteiger partial charge in [-0.3, -0.25) is 9.59 Å². The number of hydrogen-bond donors (Lipinski definition) is 3. The third kappa shape index (κ3) is 3.23. The maximum atomic E-state index is 11.1. The number of rotatable bonds is 4. The van der Waals surface area contributed by atoms with Crippen molar-refractivity contribution in [3.05, 3.63) is 12.3 Å². The highest BCUT2D eigenvalue weighted by atomic mass is 16.5. The van der Waals surface area contributed by atoms with E-state index in [2.05, 4.69) is 20.3 Å². The fraction of sp³-hybridized carbons (Fsp3) is 0.286. The van der Waals surface area contributed by atoms with E-state index in [-0.39, 0.29) is 24.9 Å². The van der Waals surface area contributed by atoms with Gasteiger partial charge in [0.1, 0.15) is 6.26 Å². The molecule has 7 heteroatoms. The van der Waals surface area contributed by atoms with E-state index < -0.39 is 0 Å². The summed E-state index contributed by atoms with van der Waals surface area (Å²) >= 11 is 0. The topological polar surface area (TPSA) is 110 Å². The van der Waals surface area contributed by atoms with E-state index in [0.29, 0.717) is 5.82 Å². The molecule has 0 bridgehead atoms. The van der Waals surface area contributed by atoms with Crippen LogP contribution >= 0.6 is 0 Å². The number of carbonyl (C=O) groups is 2. The zero-order chi connectivity index (χ0) is 10.4. The Bertz CT molecular complexity index is 309. The summed E-state index contributed by atoms with van der Waals surface area (Å²) < 4.78 is 4.49. The van der Waals surface area contributed by atoms with Gasteiger partial charge in [0.05, 0.1) is 13.1 Å². The molecule has 14 heavy (non-hydrogen) atoms. The second-order valence-electron chi connectivity index (χ2n) is 2.41. The minimum absolute atomic E-state index is 0.136. The van der Waals surface area contributed by atoms with Crippen LogP contribution in [0.1, 0.15) is 0 Å². The zero-order valence-electron chi connectivity index (χ0n) is 7.32. The lowest BCUT2D eigenvalue weighted by atomic mass is 10.5. The third-order valence-corrected chi connectivity index (χ3v) is 1.34. The molecule has 0 fully saturated rings. The molecule has 0 aliphatic heterocycles. The Hall–Kier alpha value is -1.89. The summed E-state index contributed by atoms with van der Waals surface area (Å²) in [4.78, 5) is 21.8. The van der Waals surface area contributed by atoms with Crippen molar-refractivity contribution in [3.8, 4) is 0 Å². The molecule has 1 rings (SSSR count). The third-order valence-electron chi connectivity index (χ3n) is 1.34. The van der Waals surface area contributed by atoms with E-state index in [1.165, 1.54) is 12.3 Å². The maximum absolute atomic E-state index is 11.1. The molecule has 7 nitrogen and oxygen atoms in total. The van der Waals surface area contributed by atoms with E-state index in [0.717, 1.165) is 0 Å². The minimum Gasteiger partial charge on any atom is -0.363 e. The van der Waals surface area contributed by atoms with Crippen molar-refractivity contribution in [3.63, 3.8) is 0 Å². The number of nitrogens with one attached hydrogen (secondary N) is 2. The van der Waals surface area contributed by atoms with Gasteiger partial charge in [0.15, 0.2) is 5.82 Å². The summed E-state index contributed by atoms with van der Waals surface area (Å²) in [5, 5.41) is 8.17. The number of amides is 2. The van der Waals surface area contributed by atoms with Crippen molar-refractivity contribution in [1.29, 1.82) is 0 Å². The van der Waals surface area contributed by atoms with Crippen LogP contribution in [0.2, 0.25) is 0 Å². The van der Waals surface area contributed by atoms with E-state index >= 15 is 0 Å². The van der Waals surface area contributed by atoms with Crippen LogP contribution in [0.4, 0.5) is 5.82 Å². The number of carbonyl (C=O) groups excluding carboxylic acids is 2. The fourth-order valence-electron chi connectivity index (χ4n) is 0.715. The average Bonchev–Trinajstić information content (AvgIpc) is 2.66. The first-order chi connectivity index (χ1) is 6.72. The number of anilines is 1. The van der Waals surface area contributed by atoms with Crippen LogP contribution in [-0.4, -0.2) is 30.1 Å². The van der Waals surface area contributed by atoms with Gasteiger partial charge >= 0.3 is 0 Å². The highest BCUT2D eigenvalue weighted by Crippen LogP contribution is 1.99. The lowest BCUT2D eigenvalue weighted by Gasteiger charge is -2.02. The predicted octanol–water partition coefficient (Wildman–Crippen LogP) is -1.31. The molecule has 0 unspecified atom stereocenters. The van der Waals surface area contributed by atoms with Crippen LogP contribution in [0, 0.1) is 0 Å². The normalized spacial score (nSPS) is 9.50. The summed E-state index contributed by atoms with van der Waals surface area (Å²) in [6.45, 7) is -0.278. The van der Waals surface area contributed by atoms with E-state index in [1.54, 1.807) is 0 Å². The van der Waals surface area contributed by atoms with Gasteiger partial charge in [-0.25, -0.2) is 0 Å². The van der Waals surface area contributed by atoms with Crippen LogP contribution in [0.15, 0.2) is 16.9 Å². The van der Waals surface area contributed by atoms with Crippen LogP contribution < -0.4 is 16.4 Å². The molecular weight excluding hydrogens is 188 g/mol. The monoisotopic (exact) mass is 198 g/mol. The van der Waals surface area contributed by atoms with Gasteiger partial charge < -0.3 is 20.9 Å². The molecule has 1 aromatic rings. The molecule has 0 spiro atoms. The summed E-state index contributed by atoms with van der Waals surface area (Å²) in [5.74, 6) is -0.474. The second kappa shape index (κ2) is 4.97. The number of aromatic nitrogens is 1. The first-order valence-corrected chi connectivity index (χ1v) is 3.89. The van der Waals surface area contributed by atoms with Gasteiger partial charge in [-0.05, 0) is 0 Å². The van der Waals surface area contributed by atoms with Crippen molar-refractivity contribution < 1.29 is 14.1 Å². The van der Waals surface area contributed by atoms with Gasteiger partial charge in [0, 0.05) is 6.07 Å². The largest absolute Gasteiger partial charge is 0.363 e. The standard InChI is InChI=1S/C7H10N4O3/c8-3-6(12)9-4-7(13)10-5-1-2-14-11-5/h1-2H,3-4,8H2,(H,9,12)(H,10,11,13). The predicted molar refractivity (Wildman–Crippen MR) is 47.2 cm³/mol. The number of hydrogen-bond acceptors (Lipinski definition) is 5. The molecule has 0 aliphatic rings. The Labute approximate surface area is 79.6 Å². The maximum Gasteiger partial charge on any atom is 0.245 e. The highest BCUT2D eigenvalue weighted by Gasteiger charge is 2.05. The lowest BCUT2D eigenvalue weighted by molar-refractivity contribution is -0.123. The molecule has 0 atom stereocenters. The van der Waals surface area contributed by atoms with E-state index in [9.17, 15) is 9.59 Å². The quantitative estimate of drug-likeness (QED) is 0.556. The van der Waals surface area contributed by atoms with E-state index in [4.69, 9.17) is 5.73 Å². The summed E-state index contributed by atoms with van der Waals surface area (Å²) in [6, 6.07) is 1.49. The van der Waals surface area contributed by atoms with Gasteiger partial charge in [-0.2, -0.15) is 0 Å². The van der Waals surface area contributed by atoms with Crippen LogP contribution in [0.25, 0.3) is 0 Å². The van der Waals surface area contributed by atoms with Crippen molar-refractivity contribution >= 4 is 17.6 Å². The smallest absolute Gasteiger partial charge is 0.245 e. The fourth-order valence-corrected chi connectivity index (χ4v) is 0.715. The Balaban J connectivity index is 2.26. The molecule has 0 saturated carbocycles. The highest BCUT2D eigenvalue weighted by molar-refractivity contribution is 5.93. The second-order valence-corrected chi connectivity index (χ2v) is 2.41. The Morgan fingerprint density at radius 2 is 2.29 bits per heavy atom. The molecule has 1 aromatic heterocycles. The van der Waals surface area contributed by atoms with Crippen LogP contribution in [0.5, 0.6) is 0 Å². The van der Waals surface area contributed by atoms with Gasteiger partial charge in [0.25, 0.3) is 0 Å². The molecule has 1 heterocycles. The molecule has 0 saturated heterocycles. The molecule has 0 radical (unpaired) electrons. The molecular formula is C7H10N4O3. The van der Waals surface area contributed by atoms with Crippen molar-refractivity contribution in [1.82, 2.24) is 10.5 Å². The molecule has 2 amide bonds. The first kappa shape index (κ1) is 10.2. The van der Waals surface area contributed by atoms with Crippen LogP contribution in [0.3, 0.4) is 0 Å². The van der Waals surface area contributed by atoms with Crippen molar-refractivity contribution in [2.45, 2.75) is 0 Å². The SMILES string of the molecule is NCC(=O)NCC(=O)Nc1ccon1. The molecule has 0 aromatic carbocycles. The lowest BCUT2D eigenvalue weighted by Crippen LogP contribution is -2.36. The van der Waals surface area contributed by atoms with Crippen LogP contribution in [-0.2, 0) is 9.59 Å². The zero-order valence-corrected chi connectivity index (χ0v) is 7.32. The number of nitrogens with two attached hydrogens (primary N) is 1. The van der Waals surface area contributed by atoms with Gasteiger partial charge in [-0.15, -0.1) is 0 Å². The van der Waals surface area contributed by atoms with Crippen molar-refractivity contribution in [2.75, 3.05) is 18.4 Å². The van der Waals surface area contributed by atoms with Crippen molar-refractivity contribution in [2.24, 2.45) is 5.73 Å². The minimum atomic E-state index is -0.389. The summed E-state index contributed by atoms with van der Waals surface area (Å²) in [6.07, 6.45) is 1.33. The summed E-state index contributed by atoms with van der Waals surface area (Å²) in [5.41, 5.74) is 5.02. The van der Waals surface area contributed by atoms with E-state index in [1.807, 2.05) is 0 Å². The molecule has 4 N–H and O–H groups in total. The van der Waals surface area contributed by atoms with Gasteiger partial charge in [0.2, 0.25) is 11.8 Å². The first-order valence-electron chi connectivity index (χ1n) is 3.89. The Kier molecular flexibility index (Phi) is 3.62. The molecule has 76 valence electrons. The molecule has 0 aliphatic carbocycles. The Morgan fingerprint density at radius 1 is 1.50 bits per heavy atom. The Morgan fingerprint density at radius 3 is 2.86 bits per heavy atom.